The highest BCUT2D eigenvalue weighted by atomic mass is 16.7. The predicted octanol–water partition coefficient (Wildman–Crippen LogP) is 2.90. The number of carbonyl (C=O) groups is 2. The summed E-state index contributed by atoms with van der Waals surface area (Å²) in [6.45, 7) is 4.81. The van der Waals surface area contributed by atoms with Gasteiger partial charge in [0, 0.05) is 20.3 Å². The number of rotatable bonds is 3. The highest BCUT2D eigenvalue weighted by Crippen LogP contribution is 2.39. The summed E-state index contributed by atoms with van der Waals surface area (Å²) < 4.78 is 16.3. The van der Waals surface area contributed by atoms with E-state index in [4.69, 9.17) is 13.9 Å². The van der Waals surface area contributed by atoms with E-state index in [9.17, 15) is 9.59 Å². The molecule has 0 saturated carbocycles. The second-order valence-corrected chi connectivity index (χ2v) is 6.16. The molecule has 0 amide bonds. The first kappa shape index (κ1) is 15.3. The second kappa shape index (κ2) is 5.26. The summed E-state index contributed by atoms with van der Waals surface area (Å²) in [6, 6.07) is 12.6. The van der Waals surface area contributed by atoms with Crippen LogP contribution in [0.5, 0.6) is 0 Å². The Balaban J connectivity index is 2.11. The first-order chi connectivity index (χ1) is 10.8. The van der Waals surface area contributed by atoms with Crippen LogP contribution >= 0.6 is 0 Å². The average molecular weight is 314 g/mol. The molecule has 0 atom stereocenters. The first-order valence-corrected chi connectivity index (χ1v) is 7.41. The lowest BCUT2D eigenvalue weighted by atomic mass is 9.78. The largest absolute Gasteiger partial charge is 0.465 e. The van der Waals surface area contributed by atoms with Crippen molar-refractivity contribution >= 4 is 11.9 Å². The highest BCUT2D eigenvalue weighted by Gasteiger charge is 2.59. The Morgan fingerprint density at radius 2 is 1.52 bits per heavy atom. The molecule has 2 aromatic rings. The van der Waals surface area contributed by atoms with Crippen LogP contribution in [0.3, 0.4) is 0 Å². The lowest BCUT2D eigenvalue weighted by Crippen LogP contribution is -2.57. The van der Waals surface area contributed by atoms with Gasteiger partial charge in [0.2, 0.25) is 5.41 Å². The lowest BCUT2D eigenvalue weighted by Gasteiger charge is -2.39. The highest BCUT2D eigenvalue weighted by molar-refractivity contribution is 6.07. The third kappa shape index (κ3) is 2.63. The Labute approximate surface area is 134 Å². The maximum atomic E-state index is 12.8. The van der Waals surface area contributed by atoms with E-state index in [1.54, 1.807) is 19.1 Å². The number of hydrogen-bond donors (Lipinski definition) is 0. The van der Waals surface area contributed by atoms with E-state index in [0.717, 1.165) is 5.56 Å². The van der Waals surface area contributed by atoms with Crippen molar-refractivity contribution in [3.63, 3.8) is 0 Å². The Hall–Kier alpha value is -2.56. The van der Waals surface area contributed by atoms with Crippen LogP contribution in [0.1, 0.15) is 30.9 Å². The fourth-order valence-electron chi connectivity index (χ4n) is 2.72. The van der Waals surface area contributed by atoms with Crippen LogP contribution in [0, 0.1) is 6.92 Å². The number of furan rings is 1. The van der Waals surface area contributed by atoms with Gasteiger partial charge in [0.15, 0.2) is 0 Å². The van der Waals surface area contributed by atoms with Gasteiger partial charge in [-0.05, 0) is 24.6 Å². The van der Waals surface area contributed by atoms with Crippen molar-refractivity contribution in [3.8, 4) is 0 Å². The second-order valence-electron chi connectivity index (χ2n) is 6.16. The van der Waals surface area contributed by atoms with E-state index in [-0.39, 0.29) is 12.2 Å². The van der Waals surface area contributed by atoms with Crippen LogP contribution < -0.4 is 0 Å². The van der Waals surface area contributed by atoms with Gasteiger partial charge in [-0.1, -0.05) is 30.3 Å². The Morgan fingerprint density at radius 1 is 0.913 bits per heavy atom. The van der Waals surface area contributed by atoms with E-state index < -0.39 is 23.1 Å². The molecule has 0 spiro atoms. The SMILES string of the molecule is Cc1ccc(C2(Cc3ccccc3)C(=O)OC(C)(C)OC2=O)o1. The van der Waals surface area contributed by atoms with Crippen molar-refractivity contribution in [2.24, 2.45) is 0 Å². The number of benzene rings is 1. The van der Waals surface area contributed by atoms with E-state index in [2.05, 4.69) is 0 Å². The van der Waals surface area contributed by atoms with Gasteiger partial charge in [0.05, 0.1) is 0 Å². The summed E-state index contributed by atoms with van der Waals surface area (Å²) >= 11 is 0. The maximum Gasteiger partial charge on any atom is 0.335 e. The maximum absolute atomic E-state index is 12.8. The molecule has 1 aromatic carbocycles. The van der Waals surface area contributed by atoms with E-state index >= 15 is 0 Å². The van der Waals surface area contributed by atoms with Crippen molar-refractivity contribution in [2.45, 2.75) is 38.4 Å². The minimum absolute atomic E-state index is 0.120. The summed E-state index contributed by atoms with van der Waals surface area (Å²) in [7, 11) is 0. The molecule has 0 N–H and O–H groups in total. The van der Waals surface area contributed by atoms with Gasteiger partial charge in [-0.25, -0.2) is 0 Å². The number of aryl methyl sites for hydroxylation is 1. The molecule has 1 fully saturated rings. The number of hydrogen-bond acceptors (Lipinski definition) is 5. The standard InChI is InChI=1S/C18H18O5/c1-12-9-10-14(21-12)18(11-13-7-5-4-6-8-13)15(19)22-17(2,3)23-16(18)20/h4-10H,11H2,1-3H3. The molecule has 5 heteroatoms. The normalized spacial score (nSPS) is 19.1. The first-order valence-electron chi connectivity index (χ1n) is 7.41. The van der Waals surface area contributed by atoms with Crippen LogP contribution in [0.15, 0.2) is 46.9 Å². The van der Waals surface area contributed by atoms with Gasteiger partial charge in [-0.2, -0.15) is 0 Å². The van der Waals surface area contributed by atoms with Gasteiger partial charge in [0.25, 0.3) is 5.79 Å². The van der Waals surface area contributed by atoms with Crippen LogP contribution in [-0.4, -0.2) is 17.7 Å². The zero-order chi connectivity index (χ0) is 16.7. The topological polar surface area (TPSA) is 65.7 Å². The molecule has 0 bridgehead atoms. The van der Waals surface area contributed by atoms with Gasteiger partial charge in [-0.15, -0.1) is 0 Å². The fraction of sp³-hybridized carbons (Fsp3) is 0.333. The third-order valence-corrected chi connectivity index (χ3v) is 3.85. The number of carbonyl (C=O) groups excluding carboxylic acids is 2. The Bertz CT molecular complexity index is 722. The summed E-state index contributed by atoms with van der Waals surface area (Å²) in [5, 5.41) is 0. The third-order valence-electron chi connectivity index (χ3n) is 3.85. The molecule has 0 aliphatic carbocycles. The summed E-state index contributed by atoms with van der Waals surface area (Å²) in [5.74, 6) is -1.74. The molecule has 0 radical (unpaired) electrons. The number of ether oxygens (including phenoxy) is 2. The van der Waals surface area contributed by atoms with Crippen molar-refractivity contribution < 1.29 is 23.5 Å². The number of esters is 2. The molecule has 1 aliphatic heterocycles. The minimum Gasteiger partial charge on any atom is -0.465 e. The minimum atomic E-state index is -1.62. The lowest BCUT2D eigenvalue weighted by molar-refractivity contribution is -0.244. The van der Waals surface area contributed by atoms with Crippen molar-refractivity contribution in [1.82, 2.24) is 0 Å². The summed E-state index contributed by atoms with van der Waals surface area (Å²) in [6.07, 6.45) is 0.120. The van der Waals surface area contributed by atoms with Crippen molar-refractivity contribution in [1.29, 1.82) is 0 Å². The number of cyclic esters (lactones) is 2. The molecule has 1 aromatic heterocycles. The van der Waals surface area contributed by atoms with Crippen LogP contribution in [0.4, 0.5) is 0 Å². The van der Waals surface area contributed by atoms with Crippen molar-refractivity contribution in [2.75, 3.05) is 0 Å². The monoisotopic (exact) mass is 314 g/mol. The summed E-state index contributed by atoms with van der Waals surface area (Å²) in [5.41, 5.74) is -0.805. The Morgan fingerprint density at radius 3 is 2.04 bits per heavy atom. The van der Waals surface area contributed by atoms with Gasteiger partial charge in [-0.3, -0.25) is 9.59 Å². The zero-order valence-corrected chi connectivity index (χ0v) is 13.3. The smallest absolute Gasteiger partial charge is 0.335 e. The molecule has 2 heterocycles. The van der Waals surface area contributed by atoms with E-state index in [1.807, 2.05) is 30.3 Å². The molecule has 3 rings (SSSR count). The Kier molecular flexibility index (Phi) is 3.51. The molecule has 5 nitrogen and oxygen atoms in total. The van der Waals surface area contributed by atoms with Crippen LogP contribution in [0.25, 0.3) is 0 Å². The van der Waals surface area contributed by atoms with Gasteiger partial charge in [0.1, 0.15) is 11.5 Å². The molecule has 0 unspecified atom stereocenters. The molecule has 120 valence electrons. The quantitative estimate of drug-likeness (QED) is 0.644. The molecule has 1 aliphatic rings. The van der Waals surface area contributed by atoms with E-state index in [0.29, 0.717) is 5.76 Å². The molecular formula is C18H18O5. The van der Waals surface area contributed by atoms with Gasteiger partial charge >= 0.3 is 11.9 Å². The van der Waals surface area contributed by atoms with E-state index in [1.165, 1.54) is 13.8 Å². The average Bonchev–Trinajstić information content (AvgIpc) is 2.90. The van der Waals surface area contributed by atoms with Crippen LogP contribution in [0.2, 0.25) is 0 Å². The van der Waals surface area contributed by atoms with Crippen LogP contribution in [-0.2, 0) is 30.9 Å². The predicted molar refractivity (Wildman–Crippen MR) is 81.5 cm³/mol. The summed E-state index contributed by atoms with van der Waals surface area (Å²) in [4.78, 5) is 25.5. The van der Waals surface area contributed by atoms with Crippen molar-refractivity contribution in [3.05, 3.63) is 59.5 Å². The fourth-order valence-corrected chi connectivity index (χ4v) is 2.72. The zero-order valence-electron chi connectivity index (χ0n) is 13.3. The molecular weight excluding hydrogens is 296 g/mol. The molecule has 23 heavy (non-hydrogen) atoms. The van der Waals surface area contributed by atoms with Gasteiger partial charge < -0.3 is 13.9 Å². The molecule has 1 saturated heterocycles.